The molecular formula is C14H24N2O. The molecule has 0 aliphatic rings. The fraction of sp³-hybridized carbons (Fsp3) is 0.571. The van der Waals surface area contributed by atoms with Gasteiger partial charge in [-0.3, -0.25) is 0 Å². The second kappa shape index (κ2) is 5.80. The number of hydrogen-bond donors (Lipinski definition) is 2. The fourth-order valence-corrected chi connectivity index (χ4v) is 1.51. The van der Waals surface area contributed by atoms with Crippen LogP contribution in [0.1, 0.15) is 34.1 Å². The third-order valence-corrected chi connectivity index (χ3v) is 2.52. The van der Waals surface area contributed by atoms with Crippen molar-refractivity contribution in [3.05, 3.63) is 18.2 Å². The molecule has 0 bridgehead atoms. The van der Waals surface area contributed by atoms with Gasteiger partial charge in [-0.2, -0.15) is 0 Å². The molecule has 1 aromatic rings. The van der Waals surface area contributed by atoms with Crippen molar-refractivity contribution in [1.82, 2.24) is 0 Å². The summed E-state index contributed by atoms with van der Waals surface area (Å²) in [7, 11) is 0. The molecule has 0 heterocycles. The van der Waals surface area contributed by atoms with Crippen molar-refractivity contribution in [3.63, 3.8) is 0 Å². The molecule has 96 valence electrons. The van der Waals surface area contributed by atoms with Crippen LogP contribution in [0.15, 0.2) is 18.2 Å². The first-order valence-corrected chi connectivity index (χ1v) is 6.18. The Morgan fingerprint density at radius 2 is 2.00 bits per heavy atom. The number of ether oxygens (including phenoxy) is 1. The first kappa shape index (κ1) is 13.7. The smallest absolute Gasteiger partial charge is 0.144 e. The van der Waals surface area contributed by atoms with E-state index in [1.54, 1.807) is 0 Å². The minimum Gasteiger partial charge on any atom is -0.492 e. The first-order chi connectivity index (χ1) is 7.92. The van der Waals surface area contributed by atoms with Gasteiger partial charge >= 0.3 is 0 Å². The lowest BCUT2D eigenvalue weighted by Gasteiger charge is -2.19. The molecule has 0 fully saturated rings. The number of hydrogen-bond acceptors (Lipinski definition) is 3. The Morgan fingerprint density at radius 1 is 1.29 bits per heavy atom. The molecule has 0 aliphatic heterocycles. The van der Waals surface area contributed by atoms with Crippen LogP contribution in [0.3, 0.4) is 0 Å². The number of anilines is 2. The lowest BCUT2D eigenvalue weighted by atomic mass is 9.92. The van der Waals surface area contributed by atoms with E-state index >= 15 is 0 Å². The molecule has 0 unspecified atom stereocenters. The van der Waals surface area contributed by atoms with Gasteiger partial charge < -0.3 is 15.8 Å². The number of nitrogen functional groups attached to an aromatic ring is 1. The van der Waals surface area contributed by atoms with Gasteiger partial charge in [-0.25, -0.2) is 0 Å². The van der Waals surface area contributed by atoms with E-state index < -0.39 is 0 Å². The Morgan fingerprint density at radius 3 is 2.59 bits per heavy atom. The average Bonchev–Trinajstić information content (AvgIpc) is 2.21. The highest BCUT2D eigenvalue weighted by molar-refractivity contribution is 5.61. The molecule has 3 heteroatoms. The zero-order valence-electron chi connectivity index (χ0n) is 11.3. The SMILES string of the molecule is CCOc1cc(NCCC(C)(C)C)ccc1N. The van der Waals surface area contributed by atoms with Gasteiger partial charge in [-0.15, -0.1) is 0 Å². The van der Waals surface area contributed by atoms with E-state index in [1.165, 1.54) is 0 Å². The van der Waals surface area contributed by atoms with Crippen LogP contribution >= 0.6 is 0 Å². The molecule has 0 spiro atoms. The Labute approximate surface area is 104 Å². The number of benzene rings is 1. The number of nitrogens with one attached hydrogen (secondary N) is 1. The summed E-state index contributed by atoms with van der Waals surface area (Å²) in [6, 6.07) is 5.83. The summed E-state index contributed by atoms with van der Waals surface area (Å²) in [6.45, 7) is 10.3. The third-order valence-electron chi connectivity index (χ3n) is 2.52. The maximum absolute atomic E-state index is 5.82. The lowest BCUT2D eigenvalue weighted by Crippen LogP contribution is -2.12. The summed E-state index contributed by atoms with van der Waals surface area (Å²) in [5.41, 5.74) is 7.92. The van der Waals surface area contributed by atoms with Gasteiger partial charge in [0, 0.05) is 18.3 Å². The molecule has 17 heavy (non-hydrogen) atoms. The van der Waals surface area contributed by atoms with Crippen molar-refractivity contribution in [3.8, 4) is 5.75 Å². The van der Waals surface area contributed by atoms with Gasteiger partial charge in [0.05, 0.1) is 12.3 Å². The Kier molecular flexibility index (Phi) is 4.67. The third kappa shape index (κ3) is 4.98. The van der Waals surface area contributed by atoms with Crippen LogP contribution in [-0.2, 0) is 0 Å². The molecule has 0 amide bonds. The second-order valence-electron chi connectivity index (χ2n) is 5.42. The van der Waals surface area contributed by atoms with Gasteiger partial charge in [0.2, 0.25) is 0 Å². The second-order valence-corrected chi connectivity index (χ2v) is 5.42. The van der Waals surface area contributed by atoms with Crippen molar-refractivity contribution in [1.29, 1.82) is 0 Å². The number of nitrogens with two attached hydrogens (primary N) is 1. The predicted molar refractivity (Wildman–Crippen MR) is 74.6 cm³/mol. The topological polar surface area (TPSA) is 47.3 Å². The van der Waals surface area contributed by atoms with Gasteiger partial charge in [0.25, 0.3) is 0 Å². The first-order valence-electron chi connectivity index (χ1n) is 6.18. The van der Waals surface area contributed by atoms with Gasteiger partial charge in [-0.05, 0) is 30.9 Å². The van der Waals surface area contributed by atoms with Crippen LogP contribution in [0.4, 0.5) is 11.4 Å². The Balaban J connectivity index is 2.57. The van der Waals surface area contributed by atoms with E-state index in [0.717, 1.165) is 24.4 Å². The monoisotopic (exact) mass is 236 g/mol. The van der Waals surface area contributed by atoms with E-state index in [9.17, 15) is 0 Å². The van der Waals surface area contributed by atoms with E-state index in [4.69, 9.17) is 10.5 Å². The van der Waals surface area contributed by atoms with Crippen LogP contribution < -0.4 is 15.8 Å². The summed E-state index contributed by atoms with van der Waals surface area (Å²) in [6.07, 6.45) is 1.13. The van der Waals surface area contributed by atoms with Gasteiger partial charge in [0.15, 0.2) is 0 Å². The summed E-state index contributed by atoms with van der Waals surface area (Å²) >= 11 is 0. The van der Waals surface area contributed by atoms with Crippen molar-refractivity contribution in [2.45, 2.75) is 34.1 Å². The molecule has 0 saturated carbocycles. The molecule has 0 aliphatic carbocycles. The van der Waals surface area contributed by atoms with Crippen molar-refractivity contribution in [2.75, 3.05) is 24.2 Å². The van der Waals surface area contributed by atoms with E-state index in [-0.39, 0.29) is 0 Å². The molecule has 0 saturated heterocycles. The van der Waals surface area contributed by atoms with Crippen LogP contribution in [0.5, 0.6) is 5.75 Å². The van der Waals surface area contributed by atoms with Crippen molar-refractivity contribution < 1.29 is 4.74 Å². The summed E-state index contributed by atoms with van der Waals surface area (Å²) in [5.74, 6) is 0.758. The minimum absolute atomic E-state index is 0.351. The molecule has 0 aromatic heterocycles. The van der Waals surface area contributed by atoms with E-state index in [1.807, 2.05) is 25.1 Å². The number of rotatable bonds is 5. The van der Waals surface area contributed by atoms with E-state index in [2.05, 4.69) is 26.1 Å². The lowest BCUT2D eigenvalue weighted by molar-refractivity contribution is 0.342. The van der Waals surface area contributed by atoms with E-state index in [0.29, 0.717) is 17.7 Å². The maximum Gasteiger partial charge on any atom is 0.144 e. The molecule has 0 radical (unpaired) electrons. The fourth-order valence-electron chi connectivity index (χ4n) is 1.51. The molecule has 3 N–H and O–H groups in total. The van der Waals surface area contributed by atoms with Crippen LogP contribution in [0.2, 0.25) is 0 Å². The van der Waals surface area contributed by atoms with Crippen molar-refractivity contribution in [2.24, 2.45) is 5.41 Å². The molecule has 1 aromatic carbocycles. The highest BCUT2D eigenvalue weighted by atomic mass is 16.5. The quantitative estimate of drug-likeness (QED) is 0.769. The van der Waals surface area contributed by atoms with Gasteiger partial charge in [0.1, 0.15) is 5.75 Å². The Bertz CT molecular complexity index is 356. The largest absolute Gasteiger partial charge is 0.492 e. The average molecular weight is 236 g/mol. The summed E-state index contributed by atoms with van der Waals surface area (Å²) in [5, 5.41) is 3.39. The molecule has 3 nitrogen and oxygen atoms in total. The van der Waals surface area contributed by atoms with Crippen molar-refractivity contribution >= 4 is 11.4 Å². The molecular weight excluding hydrogens is 212 g/mol. The normalized spacial score (nSPS) is 11.3. The molecule has 1 rings (SSSR count). The highest BCUT2D eigenvalue weighted by Gasteiger charge is 2.09. The maximum atomic E-state index is 5.82. The zero-order chi connectivity index (χ0) is 12.9. The predicted octanol–water partition coefficient (Wildman–Crippen LogP) is 3.52. The van der Waals surface area contributed by atoms with Crippen LogP contribution in [0, 0.1) is 5.41 Å². The molecule has 0 atom stereocenters. The summed E-state index contributed by atoms with van der Waals surface area (Å²) in [4.78, 5) is 0. The van der Waals surface area contributed by atoms with Gasteiger partial charge in [-0.1, -0.05) is 20.8 Å². The van der Waals surface area contributed by atoms with Crippen LogP contribution in [-0.4, -0.2) is 13.2 Å². The highest BCUT2D eigenvalue weighted by Crippen LogP contribution is 2.26. The van der Waals surface area contributed by atoms with Crippen LogP contribution in [0.25, 0.3) is 0 Å². The zero-order valence-corrected chi connectivity index (χ0v) is 11.3. The Hall–Kier alpha value is -1.38. The standard InChI is InChI=1S/C14H24N2O/c1-5-17-13-10-11(6-7-12(13)15)16-9-8-14(2,3)4/h6-7,10,16H,5,8-9,15H2,1-4H3. The summed E-state index contributed by atoms with van der Waals surface area (Å²) < 4.78 is 5.46. The minimum atomic E-state index is 0.351.